The highest BCUT2D eigenvalue weighted by molar-refractivity contribution is 6.36. The van der Waals surface area contributed by atoms with Crippen LogP contribution in [-0.4, -0.2) is 18.0 Å². The molecule has 0 saturated heterocycles. The highest BCUT2D eigenvalue weighted by Gasteiger charge is 2.21. The van der Waals surface area contributed by atoms with Gasteiger partial charge in [0.25, 0.3) is 5.91 Å². The van der Waals surface area contributed by atoms with Gasteiger partial charge in [-0.2, -0.15) is 0 Å². The Balaban J connectivity index is 2.02. The SMILES string of the molecule is Cc1cc(C)c(NC(=O)[C@H](C)OC(=O)Cc2c(Cl)cccc2Cl)c(C)c1. The standard InChI is InChI=1S/C20H21Cl2NO3/c1-11-8-12(2)19(13(3)9-11)23-20(25)14(4)26-18(24)10-15-16(21)6-5-7-17(15)22/h5-9,14H,10H2,1-4H3,(H,23,25)/t14-/m0/s1. The molecule has 4 nitrogen and oxygen atoms in total. The van der Waals surface area contributed by atoms with Crippen molar-refractivity contribution in [1.29, 1.82) is 0 Å². The van der Waals surface area contributed by atoms with E-state index < -0.39 is 18.0 Å². The van der Waals surface area contributed by atoms with E-state index >= 15 is 0 Å². The van der Waals surface area contributed by atoms with Crippen LogP contribution >= 0.6 is 23.2 Å². The zero-order chi connectivity index (χ0) is 19.4. The summed E-state index contributed by atoms with van der Waals surface area (Å²) >= 11 is 12.1. The van der Waals surface area contributed by atoms with E-state index in [2.05, 4.69) is 5.32 Å². The van der Waals surface area contributed by atoms with Gasteiger partial charge in [-0.1, -0.05) is 47.0 Å². The van der Waals surface area contributed by atoms with Crippen molar-refractivity contribution in [2.24, 2.45) is 0 Å². The molecule has 0 aliphatic heterocycles. The molecule has 0 radical (unpaired) electrons. The number of esters is 1. The molecule has 26 heavy (non-hydrogen) atoms. The van der Waals surface area contributed by atoms with Crippen LogP contribution in [0.1, 0.15) is 29.2 Å². The van der Waals surface area contributed by atoms with Crippen LogP contribution in [0.15, 0.2) is 30.3 Å². The highest BCUT2D eigenvalue weighted by Crippen LogP contribution is 2.25. The maximum Gasteiger partial charge on any atom is 0.311 e. The summed E-state index contributed by atoms with van der Waals surface area (Å²) in [6.07, 6.45) is -1.04. The molecule has 1 amide bonds. The van der Waals surface area contributed by atoms with Gasteiger partial charge in [0.1, 0.15) is 0 Å². The molecule has 0 spiro atoms. The molecule has 6 heteroatoms. The smallest absolute Gasteiger partial charge is 0.311 e. The van der Waals surface area contributed by atoms with Gasteiger partial charge in [-0.05, 0) is 51.0 Å². The minimum atomic E-state index is -0.941. The van der Waals surface area contributed by atoms with Gasteiger partial charge in [0, 0.05) is 21.3 Å². The van der Waals surface area contributed by atoms with Crippen LogP contribution in [0.5, 0.6) is 0 Å². The topological polar surface area (TPSA) is 55.4 Å². The van der Waals surface area contributed by atoms with E-state index in [4.69, 9.17) is 27.9 Å². The lowest BCUT2D eigenvalue weighted by atomic mass is 10.0. The molecule has 0 unspecified atom stereocenters. The number of nitrogens with one attached hydrogen (secondary N) is 1. The minimum absolute atomic E-state index is 0.0985. The van der Waals surface area contributed by atoms with E-state index in [1.54, 1.807) is 18.2 Å². The molecule has 0 heterocycles. The van der Waals surface area contributed by atoms with Gasteiger partial charge in [0.2, 0.25) is 0 Å². The molecule has 0 bridgehead atoms. The summed E-state index contributed by atoms with van der Waals surface area (Å²) in [5.74, 6) is -0.960. The Hall–Kier alpha value is -2.04. The number of anilines is 1. The van der Waals surface area contributed by atoms with Crippen molar-refractivity contribution in [2.45, 2.75) is 40.2 Å². The molecule has 0 saturated carbocycles. The molecule has 1 atom stereocenters. The maximum absolute atomic E-state index is 12.4. The highest BCUT2D eigenvalue weighted by atomic mass is 35.5. The molecule has 2 rings (SSSR count). The lowest BCUT2D eigenvalue weighted by Crippen LogP contribution is -2.31. The second kappa shape index (κ2) is 8.56. The Kier molecular flexibility index (Phi) is 6.68. The number of rotatable bonds is 5. The maximum atomic E-state index is 12.4. The third kappa shape index (κ3) is 4.99. The molecule has 1 N–H and O–H groups in total. The van der Waals surface area contributed by atoms with Gasteiger partial charge in [-0.15, -0.1) is 0 Å². The van der Waals surface area contributed by atoms with Crippen LogP contribution in [0.4, 0.5) is 5.69 Å². The van der Waals surface area contributed by atoms with Crippen LogP contribution < -0.4 is 5.32 Å². The van der Waals surface area contributed by atoms with Crippen molar-refractivity contribution in [3.63, 3.8) is 0 Å². The van der Waals surface area contributed by atoms with E-state index in [1.807, 2.05) is 32.9 Å². The summed E-state index contributed by atoms with van der Waals surface area (Å²) in [6.45, 7) is 7.37. The van der Waals surface area contributed by atoms with E-state index in [0.29, 0.717) is 15.6 Å². The summed E-state index contributed by atoms with van der Waals surface area (Å²) in [5.41, 5.74) is 4.25. The van der Waals surface area contributed by atoms with Crippen LogP contribution in [0.2, 0.25) is 10.0 Å². The molecule has 138 valence electrons. The Bertz CT molecular complexity index is 806. The number of carbonyl (C=O) groups excluding carboxylic acids is 2. The fourth-order valence-electron chi connectivity index (χ4n) is 2.74. The summed E-state index contributed by atoms with van der Waals surface area (Å²) in [4.78, 5) is 24.5. The number of amides is 1. The van der Waals surface area contributed by atoms with Crippen molar-refractivity contribution in [1.82, 2.24) is 0 Å². The molecule has 0 aliphatic rings. The molecule has 0 aliphatic carbocycles. The van der Waals surface area contributed by atoms with Gasteiger partial charge < -0.3 is 10.1 Å². The quantitative estimate of drug-likeness (QED) is 0.724. The molecular weight excluding hydrogens is 373 g/mol. The normalized spacial score (nSPS) is 11.8. The predicted molar refractivity (Wildman–Crippen MR) is 105 cm³/mol. The Morgan fingerprint density at radius 3 is 2.15 bits per heavy atom. The van der Waals surface area contributed by atoms with Crippen LogP contribution in [0.3, 0.4) is 0 Å². The first kappa shape index (κ1) is 20.3. The fourth-order valence-corrected chi connectivity index (χ4v) is 3.27. The number of hydrogen-bond acceptors (Lipinski definition) is 3. The Morgan fingerprint density at radius 2 is 1.62 bits per heavy atom. The average Bonchev–Trinajstić information content (AvgIpc) is 2.54. The van der Waals surface area contributed by atoms with Crippen LogP contribution in [-0.2, 0) is 20.7 Å². The molecule has 2 aromatic carbocycles. The summed E-state index contributed by atoms with van der Waals surface area (Å²) in [5, 5.41) is 3.60. The van der Waals surface area contributed by atoms with E-state index in [-0.39, 0.29) is 6.42 Å². The van der Waals surface area contributed by atoms with E-state index in [9.17, 15) is 9.59 Å². The second-order valence-electron chi connectivity index (χ2n) is 6.27. The monoisotopic (exact) mass is 393 g/mol. The van der Waals surface area contributed by atoms with Gasteiger partial charge >= 0.3 is 5.97 Å². The van der Waals surface area contributed by atoms with Gasteiger partial charge in [-0.25, -0.2) is 0 Å². The fraction of sp³-hybridized carbons (Fsp3) is 0.300. The zero-order valence-corrected chi connectivity index (χ0v) is 16.7. The third-order valence-corrected chi connectivity index (χ3v) is 4.69. The number of carbonyl (C=O) groups is 2. The summed E-state index contributed by atoms with van der Waals surface area (Å²) in [6, 6.07) is 8.96. The minimum Gasteiger partial charge on any atom is -0.452 e. The van der Waals surface area contributed by atoms with Crippen molar-refractivity contribution in [3.05, 3.63) is 62.6 Å². The lowest BCUT2D eigenvalue weighted by molar-refractivity contribution is -0.152. The number of halogens is 2. The number of ether oxygens (including phenoxy) is 1. The molecular formula is C20H21Cl2NO3. The first-order chi connectivity index (χ1) is 12.2. The average molecular weight is 394 g/mol. The van der Waals surface area contributed by atoms with Crippen LogP contribution in [0.25, 0.3) is 0 Å². The lowest BCUT2D eigenvalue weighted by Gasteiger charge is -2.17. The van der Waals surface area contributed by atoms with E-state index in [1.165, 1.54) is 6.92 Å². The van der Waals surface area contributed by atoms with Gasteiger partial charge in [-0.3, -0.25) is 9.59 Å². The second-order valence-corrected chi connectivity index (χ2v) is 7.09. The summed E-state index contributed by atoms with van der Waals surface area (Å²) in [7, 11) is 0. The molecule has 2 aromatic rings. The van der Waals surface area contributed by atoms with Gasteiger partial charge in [0.15, 0.2) is 6.10 Å². The number of benzene rings is 2. The largest absolute Gasteiger partial charge is 0.452 e. The predicted octanol–water partition coefficient (Wildman–Crippen LogP) is 5.03. The first-order valence-electron chi connectivity index (χ1n) is 8.20. The Labute approximate surface area is 163 Å². The zero-order valence-electron chi connectivity index (χ0n) is 15.2. The van der Waals surface area contributed by atoms with Crippen molar-refractivity contribution in [2.75, 3.05) is 5.32 Å². The van der Waals surface area contributed by atoms with Gasteiger partial charge in [0.05, 0.1) is 6.42 Å². The summed E-state index contributed by atoms with van der Waals surface area (Å²) < 4.78 is 5.23. The number of hydrogen-bond donors (Lipinski definition) is 1. The molecule has 0 fully saturated rings. The first-order valence-corrected chi connectivity index (χ1v) is 8.95. The van der Waals surface area contributed by atoms with Crippen molar-refractivity contribution in [3.8, 4) is 0 Å². The van der Waals surface area contributed by atoms with Crippen LogP contribution in [0, 0.1) is 20.8 Å². The van der Waals surface area contributed by atoms with Crippen molar-refractivity contribution < 1.29 is 14.3 Å². The number of aryl methyl sites for hydroxylation is 3. The Morgan fingerprint density at radius 1 is 1.08 bits per heavy atom. The third-order valence-electron chi connectivity index (χ3n) is 3.99. The van der Waals surface area contributed by atoms with E-state index in [0.717, 1.165) is 22.4 Å². The molecule has 0 aromatic heterocycles. The van der Waals surface area contributed by atoms with Crippen molar-refractivity contribution >= 4 is 40.8 Å².